The first-order valence-electron chi connectivity index (χ1n) is 9.94. The van der Waals surface area contributed by atoms with Crippen molar-refractivity contribution >= 4 is 5.97 Å². The van der Waals surface area contributed by atoms with Gasteiger partial charge < -0.3 is 19.5 Å². The Bertz CT molecular complexity index is 816. The lowest BCUT2D eigenvalue weighted by molar-refractivity contribution is -0.144. The van der Waals surface area contributed by atoms with Crippen molar-refractivity contribution in [2.75, 3.05) is 33.9 Å². The monoisotopic (exact) mass is 401 g/mol. The summed E-state index contributed by atoms with van der Waals surface area (Å²) < 4.78 is 23.5. The van der Waals surface area contributed by atoms with E-state index >= 15 is 0 Å². The highest BCUT2D eigenvalue weighted by Crippen LogP contribution is 2.41. The molecular weight excluding hydrogens is 373 g/mol. The summed E-state index contributed by atoms with van der Waals surface area (Å²) in [5.74, 6) is -0.525. The van der Waals surface area contributed by atoms with Crippen molar-refractivity contribution in [2.24, 2.45) is 5.92 Å². The van der Waals surface area contributed by atoms with E-state index in [4.69, 9.17) is 9.47 Å². The van der Waals surface area contributed by atoms with Crippen molar-refractivity contribution in [3.63, 3.8) is 0 Å². The van der Waals surface area contributed by atoms with Crippen LogP contribution in [0.3, 0.4) is 0 Å². The minimum atomic E-state index is -0.471. The number of nitrogens with zero attached hydrogens (tertiary/aromatic N) is 1. The van der Waals surface area contributed by atoms with Crippen LogP contribution in [0.15, 0.2) is 42.5 Å². The van der Waals surface area contributed by atoms with E-state index in [0.29, 0.717) is 11.3 Å². The Hall–Kier alpha value is -2.60. The van der Waals surface area contributed by atoms with Gasteiger partial charge >= 0.3 is 5.97 Å². The zero-order chi connectivity index (χ0) is 20.8. The van der Waals surface area contributed by atoms with E-state index in [1.807, 2.05) is 18.2 Å². The fourth-order valence-electron chi connectivity index (χ4n) is 4.16. The summed E-state index contributed by atoms with van der Waals surface area (Å²) in [7, 11) is 2.88. The van der Waals surface area contributed by atoms with E-state index < -0.39 is 5.92 Å². The van der Waals surface area contributed by atoms with Crippen LogP contribution >= 0.6 is 0 Å². The molecule has 29 heavy (non-hydrogen) atoms. The summed E-state index contributed by atoms with van der Waals surface area (Å²) in [5, 5.41) is 10.1. The third kappa shape index (κ3) is 5.07. The van der Waals surface area contributed by atoms with E-state index in [9.17, 15) is 14.3 Å². The second-order valence-corrected chi connectivity index (χ2v) is 7.46. The van der Waals surface area contributed by atoms with E-state index in [1.165, 1.54) is 26.4 Å². The maximum atomic E-state index is 13.0. The van der Waals surface area contributed by atoms with E-state index in [1.54, 1.807) is 12.1 Å². The number of benzene rings is 2. The summed E-state index contributed by atoms with van der Waals surface area (Å²) in [5.41, 5.74) is 1.79. The van der Waals surface area contributed by atoms with Crippen molar-refractivity contribution in [1.82, 2.24) is 4.90 Å². The van der Waals surface area contributed by atoms with E-state index in [0.717, 1.165) is 44.5 Å². The molecule has 2 aromatic rings. The predicted molar refractivity (Wildman–Crippen MR) is 109 cm³/mol. The number of aromatic hydroxyl groups is 1. The second kappa shape index (κ2) is 9.74. The number of ether oxygens (including phenoxy) is 2. The molecule has 0 bridgehead atoms. The first-order valence-corrected chi connectivity index (χ1v) is 9.94. The Labute approximate surface area is 171 Å². The first-order chi connectivity index (χ1) is 14.0. The highest BCUT2D eigenvalue weighted by Gasteiger charge is 2.35. The molecule has 6 heteroatoms. The van der Waals surface area contributed by atoms with Crippen LogP contribution < -0.4 is 4.74 Å². The van der Waals surface area contributed by atoms with Crippen molar-refractivity contribution in [1.29, 1.82) is 0 Å². The maximum Gasteiger partial charge on any atom is 0.313 e. The Kier molecular flexibility index (Phi) is 7.09. The molecule has 156 valence electrons. The number of halogens is 1. The van der Waals surface area contributed by atoms with E-state index in [2.05, 4.69) is 4.90 Å². The Morgan fingerprint density at radius 1 is 1.17 bits per heavy atom. The third-order valence-electron chi connectivity index (χ3n) is 5.75. The minimum absolute atomic E-state index is 0.0237. The number of esters is 1. The van der Waals surface area contributed by atoms with Gasteiger partial charge in [0, 0.05) is 12.1 Å². The highest BCUT2D eigenvalue weighted by molar-refractivity contribution is 5.80. The minimum Gasteiger partial charge on any atom is -0.504 e. The number of hydrogen-bond donors (Lipinski definition) is 1. The normalized spacial score (nSPS) is 16.4. The molecule has 0 radical (unpaired) electrons. The molecule has 3 rings (SSSR count). The summed E-state index contributed by atoms with van der Waals surface area (Å²) in [4.78, 5) is 15.0. The second-order valence-electron chi connectivity index (χ2n) is 7.46. The number of hydrogen-bond acceptors (Lipinski definition) is 5. The number of phenols is 1. The lowest BCUT2D eigenvalue weighted by Crippen LogP contribution is -2.38. The molecular formula is C23H28FNO4. The van der Waals surface area contributed by atoms with Gasteiger partial charge in [-0.3, -0.25) is 4.79 Å². The number of methoxy groups -OCH3 is 2. The highest BCUT2D eigenvalue weighted by atomic mass is 19.1. The SMILES string of the molecule is COC(=O)C(c1cccc(O)c1OC)C1CCN(CCc2ccc(F)cc2)CC1. The van der Waals surface area contributed by atoms with Crippen molar-refractivity contribution in [3.8, 4) is 11.5 Å². The molecule has 1 fully saturated rings. The van der Waals surface area contributed by atoms with Crippen LogP contribution in [-0.4, -0.2) is 49.8 Å². The number of likely N-dealkylation sites (tertiary alicyclic amines) is 1. The van der Waals surface area contributed by atoms with Crippen molar-refractivity contribution < 1.29 is 23.8 Å². The van der Waals surface area contributed by atoms with Crippen LogP contribution in [0.4, 0.5) is 4.39 Å². The topological polar surface area (TPSA) is 59.0 Å². The van der Waals surface area contributed by atoms with E-state index in [-0.39, 0.29) is 23.5 Å². The van der Waals surface area contributed by atoms with Crippen LogP contribution in [0.1, 0.15) is 29.9 Å². The molecule has 1 heterocycles. The van der Waals surface area contributed by atoms with Crippen LogP contribution in [0, 0.1) is 11.7 Å². The summed E-state index contributed by atoms with van der Waals surface area (Å²) in [6.07, 6.45) is 2.57. The quantitative estimate of drug-likeness (QED) is 0.716. The Morgan fingerprint density at radius 2 is 1.86 bits per heavy atom. The van der Waals surface area contributed by atoms with Gasteiger partial charge in [-0.25, -0.2) is 4.39 Å². The predicted octanol–water partition coefficient (Wildman–Crippen LogP) is 3.75. The molecule has 1 atom stereocenters. The fourth-order valence-corrected chi connectivity index (χ4v) is 4.16. The molecule has 1 N–H and O–H groups in total. The standard InChI is InChI=1S/C23H28FNO4/c1-28-22-19(4-3-5-20(22)26)21(23(27)29-2)17-11-14-25(15-12-17)13-10-16-6-8-18(24)9-7-16/h3-9,17,21,26H,10-15H2,1-2H3. The van der Waals surface area contributed by atoms with Gasteiger partial charge in [0.1, 0.15) is 5.82 Å². The smallest absolute Gasteiger partial charge is 0.313 e. The molecule has 0 saturated carbocycles. The van der Waals surface area contributed by atoms with Crippen molar-refractivity contribution in [2.45, 2.75) is 25.2 Å². The zero-order valence-corrected chi connectivity index (χ0v) is 16.9. The van der Waals surface area contributed by atoms with Gasteiger partial charge in [-0.2, -0.15) is 0 Å². The van der Waals surface area contributed by atoms with Gasteiger partial charge in [0.25, 0.3) is 0 Å². The fraction of sp³-hybridized carbons (Fsp3) is 0.435. The van der Waals surface area contributed by atoms with Crippen molar-refractivity contribution in [3.05, 3.63) is 59.4 Å². The molecule has 2 aromatic carbocycles. The molecule has 1 unspecified atom stereocenters. The van der Waals surface area contributed by atoms with Crippen LogP contribution in [0.2, 0.25) is 0 Å². The number of piperidine rings is 1. The van der Waals surface area contributed by atoms with Crippen LogP contribution in [-0.2, 0) is 16.0 Å². The van der Waals surface area contributed by atoms with Gasteiger partial charge in [0.05, 0.1) is 20.1 Å². The average molecular weight is 401 g/mol. The molecule has 1 saturated heterocycles. The molecule has 1 aliphatic rings. The maximum absolute atomic E-state index is 13.0. The number of rotatable bonds is 7. The first kappa shape index (κ1) is 21.1. The molecule has 0 spiro atoms. The van der Waals surface area contributed by atoms with Gasteiger partial charge in [-0.05, 0) is 62.0 Å². The lowest BCUT2D eigenvalue weighted by atomic mass is 9.79. The number of carbonyl (C=O) groups excluding carboxylic acids is 1. The largest absolute Gasteiger partial charge is 0.504 e. The van der Waals surface area contributed by atoms with Gasteiger partial charge in [-0.15, -0.1) is 0 Å². The Balaban J connectivity index is 1.65. The molecule has 1 aliphatic heterocycles. The summed E-state index contributed by atoms with van der Waals surface area (Å²) in [6.45, 7) is 2.65. The molecule has 0 aliphatic carbocycles. The van der Waals surface area contributed by atoms with Crippen LogP contribution in [0.25, 0.3) is 0 Å². The van der Waals surface area contributed by atoms with Crippen LogP contribution in [0.5, 0.6) is 11.5 Å². The Morgan fingerprint density at radius 3 is 2.48 bits per heavy atom. The summed E-state index contributed by atoms with van der Waals surface area (Å²) >= 11 is 0. The van der Waals surface area contributed by atoms with Gasteiger partial charge in [-0.1, -0.05) is 24.3 Å². The zero-order valence-electron chi connectivity index (χ0n) is 16.9. The molecule has 5 nitrogen and oxygen atoms in total. The van der Waals surface area contributed by atoms with Gasteiger partial charge in [0.2, 0.25) is 0 Å². The number of para-hydroxylation sites is 1. The summed E-state index contributed by atoms with van der Waals surface area (Å²) in [6, 6.07) is 11.7. The number of carbonyl (C=O) groups is 1. The lowest BCUT2D eigenvalue weighted by Gasteiger charge is -2.35. The van der Waals surface area contributed by atoms with Gasteiger partial charge in [0.15, 0.2) is 11.5 Å². The number of phenolic OH excluding ortho intramolecular Hbond substituents is 1. The molecule has 0 aromatic heterocycles. The third-order valence-corrected chi connectivity index (χ3v) is 5.75. The average Bonchev–Trinajstić information content (AvgIpc) is 2.74. The molecule has 0 amide bonds.